The minimum atomic E-state index is -4.17. The molecule has 4 aromatic carbocycles. The second-order valence-electron chi connectivity index (χ2n) is 11.1. The topological polar surface area (TPSA) is 86.8 Å². The number of nitrogens with zero attached hydrogens (tertiary/aromatic N) is 2. The Morgan fingerprint density at radius 3 is 2.09 bits per heavy atom. The molecule has 1 unspecified atom stereocenters. The number of benzene rings is 4. The van der Waals surface area contributed by atoms with Crippen molar-refractivity contribution in [2.75, 3.05) is 10.8 Å². The van der Waals surface area contributed by atoms with Crippen molar-refractivity contribution in [3.05, 3.63) is 130 Å². The van der Waals surface area contributed by atoms with Crippen molar-refractivity contribution in [2.45, 2.75) is 57.6 Å². The molecule has 4 rings (SSSR count). The van der Waals surface area contributed by atoms with Crippen molar-refractivity contribution in [2.24, 2.45) is 0 Å². The van der Waals surface area contributed by atoms with E-state index in [4.69, 9.17) is 11.6 Å². The molecule has 0 bridgehead atoms. The predicted octanol–water partition coefficient (Wildman–Crippen LogP) is 6.32. The molecule has 4 aromatic rings. The van der Waals surface area contributed by atoms with Crippen LogP contribution in [0.2, 0.25) is 5.02 Å². The summed E-state index contributed by atoms with van der Waals surface area (Å²) < 4.78 is 29.5. The fourth-order valence-corrected chi connectivity index (χ4v) is 6.65. The minimum absolute atomic E-state index is 0.00749. The molecule has 9 heteroatoms. The standard InChI is InChI=1S/C35H38ClN3O4S/c1-25(2)37-35(41)33(22-28-13-7-5-8-14-28)38(23-29-15-11-12-18-31(29)36)34(40)24-39(32-21-26(3)19-20-27(32)4)44(42,43)30-16-9-6-10-17-30/h5-21,25,33H,22-24H2,1-4H3,(H,37,41). The maximum atomic E-state index is 14.5. The van der Waals surface area contributed by atoms with E-state index in [1.54, 1.807) is 42.5 Å². The fourth-order valence-electron chi connectivity index (χ4n) is 4.97. The lowest BCUT2D eigenvalue weighted by atomic mass is 10.0. The molecule has 0 aliphatic rings. The molecular formula is C35H38ClN3O4S. The molecule has 0 aliphatic carbocycles. The van der Waals surface area contributed by atoms with E-state index in [9.17, 15) is 18.0 Å². The third-order valence-electron chi connectivity index (χ3n) is 7.24. The van der Waals surface area contributed by atoms with Crippen molar-refractivity contribution in [1.29, 1.82) is 0 Å². The first-order valence-corrected chi connectivity index (χ1v) is 16.3. The molecule has 1 atom stereocenters. The number of nitrogens with one attached hydrogen (secondary N) is 1. The van der Waals surface area contributed by atoms with Crippen LogP contribution >= 0.6 is 11.6 Å². The Morgan fingerprint density at radius 2 is 1.45 bits per heavy atom. The second kappa shape index (κ2) is 14.6. The van der Waals surface area contributed by atoms with Gasteiger partial charge in [-0.05, 0) is 74.2 Å². The van der Waals surface area contributed by atoms with Crippen molar-refractivity contribution in [3.63, 3.8) is 0 Å². The van der Waals surface area contributed by atoms with Crippen LogP contribution in [0.3, 0.4) is 0 Å². The van der Waals surface area contributed by atoms with E-state index in [-0.39, 0.29) is 29.8 Å². The average molecular weight is 632 g/mol. The summed E-state index contributed by atoms with van der Waals surface area (Å²) >= 11 is 6.55. The summed E-state index contributed by atoms with van der Waals surface area (Å²) in [5, 5.41) is 3.40. The molecule has 230 valence electrons. The summed E-state index contributed by atoms with van der Waals surface area (Å²) in [6, 6.07) is 29.0. The number of rotatable bonds is 12. The number of sulfonamides is 1. The molecule has 0 aromatic heterocycles. The molecule has 2 amide bonds. The molecule has 1 N–H and O–H groups in total. The van der Waals surface area contributed by atoms with Gasteiger partial charge in [-0.15, -0.1) is 0 Å². The van der Waals surface area contributed by atoms with Crippen LogP contribution in [0.4, 0.5) is 5.69 Å². The van der Waals surface area contributed by atoms with Crippen molar-refractivity contribution in [1.82, 2.24) is 10.2 Å². The Labute approximate surface area is 265 Å². The summed E-state index contributed by atoms with van der Waals surface area (Å²) in [5.41, 5.74) is 3.43. The van der Waals surface area contributed by atoms with Crippen LogP contribution in [0, 0.1) is 13.8 Å². The zero-order valence-corrected chi connectivity index (χ0v) is 27.0. The third kappa shape index (κ3) is 8.07. The third-order valence-corrected chi connectivity index (χ3v) is 9.39. The number of hydrogen-bond acceptors (Lipinski definition) is 4. The monoisotopic (exact) mass is 631 g/mol. The summed E-state index contributed by atoms with van der Waals surface area (Å²) in [5.74, 6) is -0.876. The van der Waals surface area contributed by atoms with E-state index in [1.165, 1.54) is 17.0 Å². The van der Waals surface area contributed by atoms with Gasteiger partial charge in [-0.3, -0.25) is 13.9 Å². The molecule has 44 heavy (non-hydrogen) atoms. The fraction of sp³-hybridized carbons (Fsp3) is 0.257. The number of aryl methyl sites for hydroxylation is 2. The van der Waals surface area contributed by atoms with Crippen LogP contribution in [0.25, 0.3) is 0 Å². The van der Waals surface area contributed by atoms with E-state index in [1.807, 2.05) is 76.2 Å². The van der Waals surface area contributed by atoms with Gasteiger partial charge in [-0.25, -0.2) is 8.42 Å². The van der Waals surface area contributed by atoms with E-state index in [0.717, 1.165) is 15.4 Å². The van der Waals surface area contributed by atoms with Crippen molar-refractivity contribution < 1.29 is 18.0 Å². The molecular weight excluding hydrogens is 594 g/mol. The van der Waals surface area contributed by atoms with Crippen LogP contribution in [0.15, 0.2) is 108 Å². The highest BCUT2D eigenvalue weighted by Crippen LogP contribution is 2.29. The second-order valence-corrected chi connectivity index (χ2v) is 13.4. The van der Waals surface area contributed by atoms with Gasteiger partial charge < -0.3 is 10.2 Å². The van der Waals surface area contributed by atoms with E-state index < -0.39 is 28.5 Å². The van der Waals surface area contributed by atoms with Gasteiger partial charge in [0.25, 0.3) is 10.0 Å². The highest BCUT2D eigenvalue weighted by Gasteiger charge is 2.35. The maximum Gasteiger partial charge on any atom is 0.264 e. The first-order valence-electron chi connectivity index (χ1n) is 14.5. The number of anilines is 1. The lowest BCUT2D eigenvalue weighted by Crippen LogP contribution is -2.54. The van der Waals surface area contributed by atoms with Gasteiger partial charge in [0, 0.05) is 24.0 Å². The highest BCUT2D eigenvalue weighted by molar-refractivity contribution is 7.92. The molecule has 7 nitrogen and oxygen atoms in total. The van der Waals surface area contributed by atoms with Gasteiger partial charge in [0.15, 0.2) is 0 Å². The van der Waals surface area contributed by atoms with E-state index in [2.05, 4.69) is 5.32 Å². The zero-order valence-electron chi connectivity index (χ0n) is 25.4. The van der Waals surface area contributed by atoms with Crippen LogP contribution in [-0.4, -0.2) is 43.8 Å². The number of hydrogen-bond donors (Lipinski definition) is 1. The predicted molar refractivity (Wildman–Crippen MR) is 176 cm³/mol. The Balaban J connectivity index is 1.84. The Kier molecular flexibility index (Phi) is 10.8. The molecule has 0 saturated heterocycles. The molecule has 0 radical (unpaired) electrons. The normalized spacial score (nSPS) is 12.0. The Morgan fingerprint density at radius 1 is 0.841 bits per heavy atom. The Hall–Kier alpha value is -4.14. The largest absolute Gasteiger partial charge is 0.352 e. The van der Waals surface area contributed by atoms with E-state index in [0.29, 0.717) is 21.8 Å². The highest BCUT2D eigenvalue weighted by atomic mass is 35.5. The average Bonchev–Trinajstić information content (AvgIpc) is 3.00. The molecule has 0 fully saturated rings. The number of halogens is 1. The number of carbonyl (C=O) groups excluding carboxylic acids is 2. The molecule has 0 saturated carbocycles. The van der Waals surface area contributed by atoms with E-state index >= 15 is 0 Å². The summed E-state index contributed by atoms with van der Waals surface area (Å²) in [6.45, 7) is 6.87. The summed E-state index contributed by atoms with van der Waals surface area (Å²) in [7, 11) is -4.17. The molecule has 0 heterocycles. The SMILES string of the molecule is Cc1ccc(C)c(N(CC(=O)N(Cc2ccccc2Cl)C(Cc2ccccc2)C(=O)NC(C)C)S(=O)(=O)c2ccccc2)c1. The molecule has 0 aliphatic heterocycles. The number of carbonyl (C=O) groups is 2. The first kappa shape index (κ1) is 32.8. The van der Waals surface area contributed by atoms with Gasteiger partial charge >= 0.3 is 0 Å². The summed E-state index contributed by atoms with van der Waals surface area (Å²) in [4.78, 5) is 29.8. The lowest BCUT2D eigenvalue weighted by Gasteiger charge is -2.34. The zero-order chi connectivity index (χ0) is 31.9. The maximum absolute atomic E-state index is 14.5. The van der Waals surface area contributed by atoms with Crippen molar-refractivity contribution >= 4 is 39.1 Å². The van der Waals surface area contributed by atoms with Gasteiger partial charge in [0.2, 0.25) is 11.8 Å². The summed E-state index contributed by atoms with van der Waals surface area (Å²) in [6.07, 6.45) is 0.227. The quantitative estimate of drug-likeness (QED) is 0.198. The van der Waals surface area contributed by atoms with Crippen LogP contribution in [-0.2, 0) is 32.6 Å². The Bertz CT molecular complexity index is 1700. The first-order chi connectivity index (χ1) is 21.0. The molecule has 0 spiro atoms. The van der Waals surface area contributed by atoms with Gasteiger partial charge in [-0.1, -0.05) is 90.5 Å². The van der Waals surface area contributed by atoms with Crippen molar-refractivity contribution in [3.8, 4) is 0 Å². The van der Waals surface area contributed by atoms with Gasteiger partial charge in [-0.2, -0.15) is 0 Å². The minimum Gasteiger partial charge on any atom is -0.352 e. The lowest BCUT2D eigenvalue weighted by molar-refractivity contribution is -0.140. The number of amides is 2. The van der Waals surface area contributed by atoms with Gasteiger partial charge in [0.05, 0.1) is 10.6 Å². The van der Waals surface area contributed by atoms with Gasteiger partial charge in [0.1, 0.15) is 12.6 Å². The smallest absolute Gasteiger partial charge is 0.264 e. The van der Waals surface area contributed by atoms with Crippen LogP contribution in [0.5, 0.6) is 0 Å². The van der Waals surface area contributed by atoms with Crippen LogP contribution < -0.4 is 9.62 Å². The van der Waals surface area contributed by atoms with Crippen LogP contribution in [0.1, 0.15) is 36.1 Å².